The Morgan fingerprint density at radius 3 is 2.32 bits per heavy atom. The number of nitrogens with zero attached hydrogens (tertiary/aromatic N) is 1. The fourth-order valence-corrected chi connectivity index (χ4v) is 3.52. The first-order chi connectivity index (χ1) is 10.6. The van der Waals surface area contributed by atoms with Gasteiger partial charge >= 0.3 is 5.97 Å². The van der Waals surface area contributed by atoms with E-state index in [9.17, 15) is 9.90 Å². The molecule has 0 unspecified atom stereocenters. The average molecular weight is 295 g/mol. The topological polar surface area (TPSA) is 40.5 Å². The van der Waals surface area contributed by atoms with Crippen molar-refractivity contribution in [3.8, 4) is 0 Å². The fourth-order valence-electron chi connectivity index (χ4n) is 3.52. The average Bonchev–Trinajstić information content (AvgIpc) is 2.87. The molecule has 3 rings (SSSR count). The van der Waals surface area contributed by atoms with Gasteiger partial charge in [0.1, 0.15) is 0 Å². The normalized spacial score (nSPS) is 25.2. The lowest BCUT2D eigenvalue weighted by molar-refractivity contribution is -0.142. The van der Waals surface area contributed by atoms with Crippen LogP contribution in [-0.4, -0.2) is 29.1 Å². The van der Waals surface area contributed by atoms with E-state index in [1.807, 2.05) is 48.5 Å². The summed E-state index contributed by atoms with van der Waals surface area (Å²) in [5.41, 5.74) is 1.99. The van der Waals surface area contributed by atoms with Crippen molar-refractivity contribution in [3.05, 3.63) is 71.8 Å². The summed E-state index contributed by atoms with van der Waals surface area (Å²) in [6, 6.07) is 20.3. The van der Waals surface area contributed by atoms with Crippen molar-refractivity contribution < 1.29 is 9.90 Å². The van der Waals surface area contributed by atoms with Gasteiger partial charge < -0.3 is 5.11 Å². The highest BCUT2D eigenvalue weighted by Crippen LogP contribution is 2.39. The van der Waals surface area contributed by atoms with Crippen molar-refractivity contribution in [2.45, 2.75) is 18.9 Å². The molecule has 2 aromatic rings. The Kier molecular flexibility index (Phi) is 3.99. The van der Waals surface area contributed by atoms with E-state index in [4.69, 9.17) is 0 Å². The zero-order valence-corrected chi connectivity index (χ0v) is 12.8. The van der Waals surface area contributed by atoms with E-state index in [2.05, 4.69) is 24.0 Å². The molecule has 114 valence electrons. The maximum Gasteiger partial charge on any atom is 0.308 e. The van der Waals surface area contributed by atoms with Gasteiger partial charge in [0.15, 0.2) is 0 Å². The third-order valence-corrected chi connectivity index (χ3v) is 4.74. The van der Waals surface area contributed by atoms with Gasteiger partial charge in [0.05, 0.1) is 5.92 Å². The smallest absolute Gasteiger partial charge is 0.308 e. The Bertz CT molecular complexity index is 641. The molecule has 3 nitrogen and oxygen atoms in total. The molecular formula is C19H21NO2. The van der Waals surface area contributed by atoms with Crippen molar-refractivity contribution >= 4 is 5.97 Å². The third-order valence-electron chi connectivity index (χ3n) is 4.74. The molecule has 1 fully saturated rings. The van der Waals surface area contributed by atoms with E-state index in [1.54, 1.807) is 0 Å². The second-order valence-corrected chi connectivity index (χ2v) is 6.33. The molecule has 0 amide bonds. The minimum absolute atomic E-state index is 0.345. The molecule has 1 aliphatic rings. The highest BCUT2D eigenvalue weighted by atomic mass is 16.4. The van der Waals surface area contributed by atoms with Crippen LogP contribution in [0, 0.1) is 5.92 Å². The van der Waals surface area contributed by atoms with Gasteiger partial charge in [-0.3, -0.25) is 9.69 Å². The van der Waals surface area contributed by atoms with Gasteiger partial charge in [0, 0.05) is 25.0 Å². The molecule has 0 bridgehead atoms. The van der Waals surface area contributed by atoms with Crippen LogP contribution < -0.4 is 0 Å². The molecule has 3 heteroatoms. The van der Waals surface area contributed by atoms with Crippen LogP contribution in [0.1, 0.15) is 18.1 Å². The fraction of sp³-hybridized carbons (Fsp3) is 0.316. The van der Waals surface area contributed by atoms with E-state index in [0.717, 1.165) is 18.7 Å². The van der Waals surface area contributed by atoms with E-state index < -0.39 is 5.97 Å². The Morgan fingerprint density at radius 1 is 1.14 bits per heavy atom. The summed E-state index contributed by atoms with van der Waals surface area (Å²) in [6.45, 7) is 4.23. The van der Waals surface area contributed by atoms with Crippen LogP contribution in [-0.2, 0) is 16.8 Å². The highest BCUT2D eigenvalue weighted by Gasteiger charge is 2.47. The second-order valence-electron chi connectivity index (χ2n) is 6.33. The minimum atomic E-state index is -0.707. The molecule has 2 aromatic carbocycles. The van der Waals surface area contributed by atoms with E-state index in [0.29, 0.717) is 6.54 Å². The van der Waals surface area contributed by atoms with Crippen molar-refractivity contribution in [2.24, 2.45) is 5.92 Å². The summed E-state index contributed by atoms with van der Waals surface area (Å²) in [5, 5.41) is 9.67. The molecule has 1 saturated heterocycles. The molecule has 0 saturated carbocycles. The first kappa shape index (κ1) is 14.8. The van der Waals surface area contributed by atoms with Gasteiger partial charge in [-0.15, -0.1) is 0 Å². The number of hydrogen-bond acceptors (Lipinski definition) is 2. The van der Waals surface area contributed by atoms with Crippen LogP contribution in [0.5, 0.6) is 0 Å². The molecule has 1 N–H and O–H groups in total. The second kappa shape index (κ2) is 5.93. The highest BCUT2D eigenvalue weighted by molar-refractivity contribution is 5.73. The van der Waals surface area contributed by atoms with Gasteiger partial charge in [-0.05, 0) is 11.1 Å². The van der Waals surface area contributed by atoms with E-state index in [1.165, 1.54) is 5.56 Å². The lowest BCUT2D eigenvalue weighted by atomic mass is 9.74. The summed E-state index contributed by atoms with van der Waals surface area (Å²) in [7, 11) is 0. The molecule has 1 heterocycles. The number of carboxylic acids is 1. The lowest BCUT2D eigenvalue weighted by Crippen LogP contribution is -2.36. The minimum Gasteiger partial charge on any atom is -0.481 e. The van der Waals surface area contributed by atoms with E-state index >= 15 is 0 Å². The molecule has 2 atom stereocenters. The van der Waals surface area contributed by atoms with Crippen molar-refractivity contribution in [3.63, 3.8) is 0 Å². The molecule has 0 spiro atoms. The number of carboxylic acid groups (broad SMARTS) is 1. The molecule has 0 aliphatic carbocycles. The molecule has 22 heavy (non-hydrogen) atoms. The SMILES string of the molecule is C[C@@]1(c2ccccc2)CN(Cc2ccccc2)C[C@H]1C(=O)O. The summed E-state index contributed by atoms with van der Waals surface area (Å²) >= 11 is 0. The summed E-state index contributed by atoms with van der Waals surface area (Å²) < 4.78 is 0. The quantitative estimate of drug-likeness (QED) is 0.942. The maximum atomic E-state index is 11.8. The number of hydrogen-bond donors (Lipinski definition) is 1. The number of likely N-dealkylation sites (tertiary alicyclic amines) is 1. The van der Waals surface area contributed by atoms with Crippen LogP contribution in [0.25, 0.3) is 0 Å². The van der Waals surface area contributed by atoms with Crippen LogP contribution in [0.15, 0.2) is 60.7 Å². The predicted molar refractivity (Wildman–Crippen MR) is 86.6 cm³/mol. The number of rotatable bonds is 4. The number of carbonyl (C=O) groups is 1. The zero-order valence-electron chi connectivity index (χ0n) is 12.8. The predicted octanol–water partition coefficient (Wildman–Crippen LogP) is 3.16. The molecule has 0 radical (unpaired) electrons. The Morgan fingerprint density at radius 2 is 1.73 bits per heavy atom. The Balaban J connectivity index is 1.85. The maximum absolute atomic E-state index is 11.8. The summed E-state index contributed by atoms with van der Waals surface area (Å²) in [4.78, 5) is 14.0. The van der Waals surface area contributed by atoms with Crippen LogP contribution in [0.3, 0.4) is 0 Å². The van der Waals surface area contributed by atoms with Gasteiger partial charge in [0.2, 0.25) is 0 Å². The van der Waals surface area contributed by atoms with Gasteiger partial charge in [-0.25, -0.2) is 0 Å². The monoisotopic (exact) mass is 295 g/mol. The Hall–Kier alpha value is -2.13. The van der Waals surface area contributed by atoms with Crippen LogP contribution in [0.4, 0.5) is 0 Å². The lowest BCUT2D eigenvalue weighted by Gasteiger charge is -2.29. The number of benzene rings is 2. The first-order valence-corrected chi connectivity index (χ1v) is 7.64. The van der Waals surface area contributed by atoms with Gasteiger partial charge in [0.25, 0.3) is 0 Å². The zero-order chi connectivity index (χ0) is 15.6. The standard InChI is InChI=1S/C19H21NO2/c1-19(16-10-6-3-7-11-16)14-20(13-17(19)18(21)22)12-15-8-4-2-5-9-15/h2-11,17H,12-14H2,1H3,(H,21,22)/t17-,19-/m0/s1. The first-order valence-electron chi connectivity index (χ1n) is 7.64. The Labute approximate surface area is 131 Å². The summed E-state index contributed by atoms with van der Waals surface area (Å²) in [6.07, 6.45) is 0. The van der Waals surface area contributed by atoms with Crippen molar-refractivity contribution in [1.82, 2.24) is 4.90 Å². The number of aliphatic carboxylic acids is 1. The third kappa shape index (κ3) is 2.77. The van der Waals surface area contributed by atoms with Gasteiger partial charge in [-0.1, -0.05) is 67.6 Å². The van der Waals surface area contributed by atoms with Crippen LogP contribution in [0.2, 0.25) is 0 Å². The van der Waals surface area contributed by atoms with Gasteiger partial charge in [-0.2, -0.15) is 0 Å². The largest absolute Gasteiger partial charge is 0.481 e. The van der Waals surface area contributed by atoms with Crippen LogP contribution >= 0.6 is 0 Å². The summed E-state index contributed by atoms with van der Waals surface area (Å²) in [5.74, 6) is -1.08. The van der Waals surface area contributed by atoms with Crippen molar-refractivity contribution in [2.75, 3.05) is 13.1 Å². The molecule has 1 aliphatic heterocycles. The molecular weight excluding hydrogens is 274 g/mol. The van der Waals surface area contributed by atoms with Crippen molar-refractivity contribution in [1.29, 1.82) is 0 Å². The van der Waals surface area contributed by atoms with E-state index in [-0.39, 0.29) is 11.3 Å². The molecule has 0 aromatic heterocycles.